The summed E-state index contributed by atoms with van der Waals surface area (Å²) in [5, 5.41) is 21.8. The van der Waals surface area contributed by atoms with Gasteiger partial charge in [0.05, 0.1) is 6.20 Å². The van der Waals surface area contributed by atoms with Crippen LogP contribution in [0.2, 0.25) is 0 Å². The Morgan fingerprint density at radius 3 is 2.57 bits per heavy atom. The molecule has 1 aromatic heterocycles. The van der Waals surface area contributed by atoms with Crippen LogP contribution in [-0.4, -0.2) is 15.7 Å². The average Bonchev–Trinajstić information content (AvgIpc) is 2.32. The summed E-state index contributed by atoms with van der Waals surface area (Å²) in [7, 11) is 0. The summed E-state index contributed by atoms with van der Waals surface area (Å²) in [4.78, 5) is 0. The van der Waals surface area contributed by atoms with Crippen LogP contribution in [0.15, 0.2) is 6.20 Å². The maximum Gasteiger partial charge on any atom is 0.0573 e. The molecule has 0 saturated carbocycles. The zero-order valence-corrected chi connectivity index (χ0v) is 10.5. The first kappa shape index (κ1) is 13.4. The first-order valence-corrected chi connectivity index (χ1v) is 4.09. The summed E-state index contributed by atoms with van der Waals surface area (Å²) < 4.78 is 1.73. The standard InChI is InChI=1S/C9H14N3O.Mo/c1-6(2)5-12-7(3)8(4-11-12)9(10)13;/h4H,5H2,1-3H3,(H2,10,13);/q-1;/p-1. The van der Waals surface area contributed by atoms with Crippen LogP contribution in [0.25, 0.3) is 0 Å². The summed E-state index contributed by atoms with van der Waals surface area (Å²) in [5.41, 5.74) is 1.16. The fourth-order valence-electron chi connectivity index (χ4n) is 1.13. The minimum Gasteiger partial charge on any atom is -0.859 e. The van der Waals surface area contributed by atoms with Crippen molar-refractivity contribution < 1.29 is 26.2 Å². The summed E-state index contributed by atoms with van der Waals surface area (Å²) in [5.74, 6) is 0.549. The van der Waals surface area contributed by atoms with E-state index in [4.69, 9.17) is 5.41 Å². The maximum absolute atomic E-state index is 10.8. The Balaban J connectivity index is 0.00000169. The molecule has 78 valence electrons. The molecule has 0 spiro atoms. The largest absolute Gasteiger partial charge is 0.859 e. The predicted molar refractivity (Wildman–Crippen MR) is 48.4 cm³/mol. The van der Waals surface area contributed by atoms with Gasteiger partial charge in [-0.05, 0) is 12.8 Å². The van der Waals surface area contributed by atoms with Crippen molar-refractivity contribution in [2.24, 2.45) is 0 Å². The van der Waals surface area contributed by atoms with Gasteiger partial charge in [0.25, 0.3) is 0 Å². The number of nitrogens with zero attached hydrogens (tertiary/aromatic N) is 2. The zero-order valence-electron chi connectivity index (χ0n) is 8.50. The molecule has 0 unspecified atom stereocenters. The zero-order chi connectivity index (χ0) is 10.0. The molecule has 1 heterocycles. The number of hydrogen-bond donors (Lipinski definition) is 1. The topological polar surface area (TPSA) is 64.7 Å². The van der Waals surface area contributed by atoms with E-state index in [1.54, 1.807) is 11.6 Å². The SMILES string of the molecule is Cc1c(C(=N)[O-])cnn1C[C-](C)C.[Mo]. The van der Waals surface area contributed by atoms with E-state index in [1.165, 1.54) is 12.1 Å². The molecule has 1 N–H and O–H groups in total. The normalized spacial score (nSPS) is 10.0. The van der Waals surface area contributed by atoms with Crippen LogP contribution in [0, 0.1) is 18.3 Å². The Labute approximate surface area is 98.1 Å². The third-order valence-electron chi connectivity index (χ3n) is 1.81. The van der Waals surface area contributed by atoms with Crippen LogP contribution < -0.4 is 5.11 Å². The van der Waals surface area contributed by atoms with Crippen LogP contribution in [0.4, 0.5) is 0 Å². The monoisotopic (exact) mass is 277 g/mol. The fraction of sp³-hybridized carbons (Fsp3) is 0.444. The minimum atomic E-state index is -0.669. The summed E-state index contributed by atoms with van der Waals surface area (Å²) in [6.45, 7) is 6.52. The Kier molecular flexibility index (Phi) is 5.06. The molecule has 0 saturated heterocycles. The molecule has 0 amide bonds. The van der Waals surface area contributed by atoms with Gasteiger partial charge in [-0.1, -0.05) is 6.54 Å². The van der Waals surface area contributed by atoms with Crippen molar-refractivity contribution in [3.8, 4) is 0 Å². The van der Waals surface area contributed by atoms with Crippen LogP contribution in [-0.2, 0) is 27.6 Å². The van der Waals surface area contributed by atoms with Crippen LogP contribution in [0.5, 0.6) is 0 Å². The van der Waals surface area contributed by atoms with Crippen molar-refractivity contribution >= 4 is 5.90 Å². The molecule has 1 rings (SSSR count). The van der Waals surface area contributed by atoms with Crippen molar-refractivity contribution in [3.63, 3.8) is 0 Å². The van der Waals surface area contributed by atoms with E-state index in [0.717, 1.165) is 5.69 Å². The van der Waals surface area contributed by atoms with E-state index in [9.17, 15) is 5.11 Å². The summed E-state index contributed by atoms with van der Waals surface area (Å²) >= 11 is 0. The molecule has 5 heteroatoms. The molecule has 0 aliphatic rings. The third kappa shape index (κ3) is 2.95. The number of nitrogens with one attached hydrogen (secondary N) is 1. The molecule has 0 bridgehead atoms. The van der Waals surface area contributed by atoms with Gasteiger partial charge in [0.15, 0.2) is 0 Å². The average molecular weight is 275 g/mol. The van der Waals surface area contributed by atoms with Crippen LogP contribution >= 0.6 is 0 Å². The maximum atomic E-state index is 10.8. The number of rotatable bonds is 3. The van der Waals surface area contributed by atoms with Gasteiger partial charge in [0, 0.05) is 32.3 Å². The van der Waals surface area contributed by atoms with Gasteiger partial charge >= 0.3 is 0 Å². The second-order valence-corrected chi connectivity index (χ2v) is 3.34. The van der Waals surface area contributed by atoms with E-state index in [0.29, 0.717) is 12.1 Å². The molecule has 0 aliphatic carbocycles. The minimum absolute atomic E-state index is 0. The second-order valence-electron chi connectivity index (χ2n) is 3.34. The van der Waals surface area contributed by atoms with Gasteiger partial charge in [0.2, 0.25) is 0 Å². The van der Waals surface area contributed by atoms with Gasteiger partial charge < -0.3 is 10.5 Å². The van der Waals surface area contributed by atoms with Gasteiger partial charge in [-0.2, -0.15) is 18.9 Å². The molecule has 0 fully saturated rings. The molecule has 0 atom stereocenters. The van der Waals surface area contributed by atoms with Gasteiger partial charge in [-0.15, -0.1) is 0 Å². The number of aromatic nitrogens is 2. The van der Waals surface area contributed by atoms with Crippen molar-refractivity contribution in [1.82, 2.24) is 9.78 Å². The van der Waals surface area contributed by atoms with Crippen molar-refractivity contribution in [1.29, 1.82) is 5.41 Å². The van der Waals surface area contributed by atoms with Crippen molar-refractivity contribution in [2.45, 2.75) is 27.3 Å². The van der Waals surface area contributed by atoms with E-state index in [-0.39, 0.29) is 21.1 Å². The van der Waals surface area contributed by atoms with Crippen molar-refractivity contribution in [2.75, 3.05) is 0 Å². The van der Waals surface area contributed by atoms with Gasteiger partial charge in [-0.25, -0.2) is 0 Å². The van der Waals surface area contributed by atoms with Gasteiger partial charge in [0.1, 0.15) is 0 Å². The summed E-state index contributed by atoms with van der Waals surface area (Å²) in [6.07, 6.45) is 1.45. The third-order valence-corrected chi connectivity index (χ3v) is 1.81. The first-order chi connectivity index (χ1) is 6.02. The predicted octanol–water partition coefficient (Wildman–Crippen LogP) is 0.489. The molecule has 1 aromatic rings. The summed E-state index contributed by atoms with van der Waals surface area (Å²) in [6, 6.07) is 0. The molecule has 0 aliphatic heterocycles. The number of hydrogen-bond acceptors (Lipinski definition) is 3. The molecule has 0 aromatic carbocycles. The smallest absolute Gasteiger partial charge is 0.0573 e. The van der Waals surface area contributed by atoms with Crippen LogP contribution in [0.3, 0.4) is 0 Å². The second kappa shape index (κ2) is 5.30. The Morgan fingerprint density at radius 1 is 1.64 bits per heavy atom. The van der Waals surface area contributed by atoms with Crippen LogP contribution in [0.1, 0.15) is 25.1 Å². The Hall–Kier alpha value is -0.632. The molecule has 0 radical (unpaired) electrons. The first-order valence-electron chi connectivity index (χ1n) is 4.09. The quantitative estimate of drug-likeness (QED) is 0.377. The van der Waals surface area contributed by atoms with Gasteiger partial charge in [-0.3, -0.25) is 10.6 Å². The van der Waals surface area contributed by atoms with E-state index in [1.807, 2.05) is 13.8 Å². The van der Waals surface area contributed by atoms with E-state index >= 15 is 0 Å². The molecule has 14 heavy (non-hydrogen) atoms. The van der Waals surface area contributed by atoms with Crippen molar-refractivity contribution in [3.05, 3.63) is 23.4 Å². The molecule has 4 nitrogen and oxygen atoms in total. The Bertz CT molecular complexity index is 320. The molecular weight excluding hydrogens is 262 g/mol. The Morgan fingerprint density at radius 2 is 2.21 bits per heavy atom. The molecular formula is C9H13MoN3O-2. The fourth-order valence-corrected chi connectivity index (χ4v) is 1.13. The van der Waals surface area contributed by atoms with E-state index in [2.05, 4.69) is 5.10 Å². The van der Waals surface area contributed by atoms with E-state index < -0.39 is 5.90 Å².